The van der Waals surface area contributed by atoms with Gasteiger partial charge in [-0.25, -0.2) is 9.18 Å². The molecule has 4 rings (SSSR count). The Morgan fingerprint density at radius 2 is 1.61 bits per heavy atom. The highest BCUT2D eigenvalue weighted by Crippen LogP contribution is 2.44. The Bertz CT molecular complexity index is 1070. The van der Waals surface area contributed by atoms with E-state index >= 15 is 0 Å². The molecule has 3 aromatic rings. The monoisotopic (exact) mass is 419 g/mol. The number of nitrogens with one attached hydrogen (secondary N) is 1. The molecule has 0 radical (unpaired) electrons. The number of hydrogen-bond donors (Lipinski definition) is 2. The molecule has 0 spiro atoms. The lowest BCUT2D eigenvalue weighted by atomic mass is 9.98. The van der Waals surface area contributed by atoms with Crippen LogP contribution in [0.1, 0.15) is 22.6 Å². The Morgan fingerprint density at radius 1 is 0.968 bits per heavy atom. The minimum atomic E-state index is -1.07. The first kappa shape index (κ1) is 20.6. The summed E-state index contributed by atoms with van der Waals surface area (Å²) in [6.07, 6.45) is -0.566. The zero-order valence-electron chi connectivity index (χ0n) is 16.8. The molecule has 0 bridgehead atoms. The van der Waals surface area contributed by atoms with Crippen molar-refractivity contribution in [1.29, 1.82) is 0 Å². The summed E-state index contributed by atoms with van der Waals surface area (Å²) in [6.45, 7) is 0.0457. The third-order valence-corrected chi connectivity index (χ3v) is 5.56. The SMILES string of the molecule is O=C(NCC(Cc1cccc(F)c1)C(=O)O)OCC1c2ccccc2-c2ccccc21. The van der Waals surface area contributed by atoms with Gasteiger partial charge < -0.3 is 15.2 Å². The maximum atomic E-state index is 13.4. The van der Waals surface area contributed by atoms with Gasteiger partial charge >= 0.3 is 12.1 Å². The number of carbonyl (C=O) groups is 2. The van der Waals surface area contributed by atoms with E-state index in [-0.39, 0.29) is 25.5 Å². The lowest BCUT2D eigenvalue weighted by Gasteiger charge is -2.16. The molecule has 158 valence electrons. The Balaban J connectivity index is 1.36. The fraction of sp³-hybridized carbons (Fsp3) is 0.200. The molecule has 0 aromatic heterocycles. The van der Waals surface area contributed by atoms with Crippen LogP contribution in [0, 0.1) is 11.7 Å². The molecule has 0 heterocycles. The predicted octanol–water partition coefficient (Wildman–Crippen LogP) is 4.61. The van der Waals surface area contributed by atoms with Crippen LogP contribution >= 0.6 is 0 Å². The van der Waals surface area contributed by atoms with Crippen LogP contribution in [-0.2, 0) is 16.0 Å². The Hall–Kier alpha value is -3.67. The minimum absolute atomic E-state index is 0.0688. The lowest BCUT2D eigenvalue weighted by Crippen LogP contribution is -2.35. The van der Waals surface area contributed by atoms with Gasteiger partial charge in [0.25, 0.3) is 0 Å². The van der Waals surface area contributed by atoms with Gasteiger partial charge in [0, 0.05) is 12.5 Å². The van der Waals surface area contributed by atoms with E-state index in [0.717, 1.165) is 22.3 Å². The quantitative estimate of drug-likeness (QED) is 0.587. The Morgan fingerprint density at radius 3 is 2.23 bits per heavy atom. The molecule has 0 saturated carbocycles. The number of carboxylic acid groups (broad SMARTS) is 1. The van der Waals surface area contributed by atoms with Crippen molar-refractivity contribution in [3.05, 3.63) is 95.3 Å². The number of carboxylic acids is 1. The van der Waals surface area contributed by atoms with Crippen LogP contribution < -0.4 is 5.32 Å². The summed E-state index contributed by atoms with van der Waals surface area (Å²) < 4.78 is 18.8. The molecule has 31 heavy (non-hydrogen) atoms. The number of carbonyl (C=O) groups excluding carboxylic acids is 1. The highest BCUT2D eigenvalue weighted by Gasteiger charge is 2.29. The highest BCUT2D eigenvalue weighted by molar-refractivity contribution is 5.79. The smallest absolute Gasteiger partial charge is 0.407 e. The number of rotatable bonds is 7. The van der Waals surface area contributed by atoms with Crippen LogP contribution in [0.15, 0.2) is 72.8 Å². The number of alkyl carbamates (subject to hydrolysis) is 1. The van der Waals surface area contributed by atoms with Gasteiger partial charge in [-0.05, 0) is 46.4 Å². The summed E-state index contributed by atoms with van der Waals surface area (Å²) in [4.78, 5) is 23.8. The molecule has 2 N–H and O–H groups in total. The molecule has 1 unspecified atom stereocenters. The van der Waals surface area contributed by atoms with E-state index in [2.05, 4.69) is 17.4 Å². The average molecular weight is 419 g/mol. The Kier molecular flexibility index (Phi) is 5.98. The van der Waals surface area contributed by atoms with E-state index in [0.29, 0.717) is 5.56 Å². The molecule has 0 aliphatic heterocycles. The first-order valence-electron chi connectivity index (χ1n) is 10.1. The number of fused-ring (bicyclic) bond motifs is 3. The molecule has 1 atom stereocenters. The van der Waals surface area contributed by atoms with Crippen molar-refractivity contribution in [3.8, 4) is 11.1 Å². The first-order chi connectivity index (χ1) is 15.0. The number of aliphatic carboxylic acids is 1. The van der Waals surface area contributed by atoms with E-state index < -0.39 is 23.8 Å². The number of halogens is 1. The third-order valence-electron chi connectivity index (χ3n) is 5.56. The second-order valence-electron chi connectivity index (χ2n) is 7.58. The predicted molar refractivity (Wildman–Crippen MR) is 114 cm³/mol. The van der Waals surface area contributed by atoms with Crippen molar-refractivity contribution in [1.82, 2.24) is 5.32 Å². The highest BCUT2D eigenvalue weighted by atomic mass is 19.1. The Labute approximate surface area is 179 Å². The van der Waals surface area contributed by atoms with Gasteiger partial charge in [0.05, 0.1) is 5.92 Å². The van der Waals surface area contributed by atoms with Crippen LogP contribution in [0.25, 0.3) is 11.1 Å². The van der Waals surface area contributed by atoms with Gasteiger partial charge in [0.15, 0.2) is 0 Å². The third kappa shape index (κ3) is 4.58. The summed E-state index contributed by atoms with van der Waals surface area (Å²) in [5, 5.41) is 12.0. The van der Waals surface area contributed by atoms with Crippen LogP contribution in [0.4, 0.5) is 9.18 Å². The van der Waals surface area contributed by atoms with Crippen molar-refractivity contribution in [3.63, 3.8) is 0 Å². The van der Waals surface area contributed by atoms with E-state index in [1.165, 1.54) is 18.2 Å². The molecule has 5 nitrogen and oxygen atoms in total. The number of amides is 1. The fourth-order valence-electron chi connectivity index (χ4n) is 4.05. The summed E-state index contributed by atoms with van der Waals surface area (Å²) in [7, 11) is 0. The molecule has 1 amide bonds. The topological polar surface area (TPSA) is 75.6 Å². The zero-order chi connectivity index (χ0) is 21.8. The normalized spacial score (nSPS) is 13.2. The number of benzene rings is 3. The van der Waals surface area contributed by atoms with Crippen LogP contribution in [-0.4, -0.2) is 30.3 Å². The second-order valence-corrected chi connectivity index (χ2v) is 7.58. The lowest BCUT2D eigenvalue weighted by molar-refractivity contribution is -0.141. The van der Waals surface area contributed by atoms with Gasteiger partial charge in [-0.3, -0.25) is 4.79 Å². The summed E-state index contributed by atoms with van der Waals surface area (Å²) in [5.41, 5.74) is 5.03. The molecule has 1 aliphatic carbocycles. The number of hydrogen-bond acceptors (Lipinski definition) is 3. The summed E-state index contributed by atoms with van der Waals surface area (Å²) in [5.74, 6) is -2.45. The molecule has 1 aliphatic rings. The standard InChI is InChI=1S/C25H22FNO4/c26-18-7-5-6-16(13-18)12-17(24(28)29)14-27-25(30)31-15-23-21-10-3-1-8-19(21)20-9-2-4-11-22(20)23/h1-11,13,17,23H,12,14-15H2,(H,27,30)(H,28,29). The van der Waals surface area contributed by atoms with E-state index in [9.17, 15) is 19.1 Å². The van der Waals surface area contributed by atoms with E-state index in [1.54, 1.807) is 6.07 Å². The van der Waals surface area contributed by atoms with Crippen molar-refractivity contribution < 1.29 is 23.8 Å². The summed E-state index contributed by atoms with van der Waals surface area (Å²) in [6, 6.07) is 21.8. The van der Waals surface area contributed by atoms with Gasteiger partial charge in [0.2, 0.25) is 0 Å². The number of ether oxygens (including phenoxy) is 1. The van der Waals surface area contributed by atoms with Crippen molar-refractivity contribution >= 4 is 12.1 Å². The average Bonchev–Trinajstić information content (AvgIpc) is 3.09. The van der Waals surface area contributed by atoms with Crippen LogP contribution in [0.2, 0.25) is 0 Å². The van der Waals surface area contributed by atoms with Gasteiger partial charge in [0.1, 0.15) is 12.4 Å². The minimum Gasteiger partial charge on any atom is -0.481 e. The molecule has 0 saturated heterocycles. The van der Waals surface area contributed by atoms with Crippen LogP contribution in [0.5, 0.6) is 0 Å². The largest absolute Gasteiger partial charge is 0.481 e. The van der Waals surface area contributed by atoms with E-state index in [4.69, 9.17) is 4.74 Å². The van der Waals surface area contributed by atoms with Gasteiger partial charge in [-0.2, -0.15) is 0 Å². The van der Waals surface area contributed by atoms with Crippen molar-refractivity contribution in [2.24, 2.45) is 5.92 Å². The summed E-state index contributed by atoms with van der Waals surface area (Å²) >= 11 is 0. The maximum Gasteiger partial charge on any atom is 0.407 e. The first-order valence-corrected chi connectivity index (χ1v) is 10.1. The second kappa shape index (κ2) is 9.00. The van der Waals surface area contributed by atoms with Gasteiger partial charge in [-0.1, -0.05) is 60.7 Å². The van der Waals surface area contributed by atoms with Crippen LogP contribution in [0.3, 0.4) is 0 Å². The molecule has 6 heteroatoms. The van der Waals surface area contributed by atoms with E-state index in [1.807, 2.05) is 36.4 Å². The molecular formula is C25H22FNO4. The maximum absolute atomic E-state index is 13.4. The fourth-order valence-corrected chi connectivity index (χ4v) is 4.05. The molecule has 3 aromatic carbocycles. The zero-order valence-corrected chi connectivity index (χ0v) is 16.8. The van der Waals surface area contributed by atoms with Crippen molar-refractivity contribution in [2.75, 3.05) is 13.2 Å². The van der Waals surface area contributed by atoms with Crippen molar-refractivity contribution in [2.45, 2.75) is 12.3 Å². The molecule has 0 fully saturated rings. The van der Waals surface area contributed by atoms with Gasteiger partial charge in [-0.15, -0.1) is 0 Å². The molecular weight excluding hydrogens is 397 g/mol.